The minimum Gasteiger partial charge on any atom is -0.343 e. The van der Waals surface area contributed by atoms with Gasteiger partial charge in [-0.2, -0.15) is 0 Å². The lowest BCUT2D eigenvalue weighted by molar-refractivity contribution is -0.0447. The van der Waals surface area contributed by atoms with Crippen LogP contribution < -0.4 is 5.32 Å². The summed E-state index contributed by atoms with van der Waals surface area (Å²) in [6, 6.07) is 2.42. The van der Waals surface area contributed by atoms with Gasteiger partial charge >= 0.3 is 0 Å². The summed E-state index contributed by atoms with van der Waals surface area (Å²) in [6.07, 6.45) is 8.95. The maximum absolute atomic E-state index is 3.33. The number of nitrogens with zero attached hydrogens (tertiary/aromatic N) is 1. The van der Waals surface area contributed by atoms with Crippen LogP contribution in [0, 0.1) is 31.6 Å². The number of hydrogen-bond acceptors (Lipinski definition) is 1. The molecule has 0 radical (unpaired) electrons. The van der Waals surface area contributed by atoms with Crippen LogP contribution >= 0.6 is 0 Å². The normalized spacial score (nSPS) is 38.6. The smallest absolute Gasteiger partial charge is 0.0453 e. The third kappa shape index (κ3) is 1.73. The Kier molecular flexibility index (Phi) is 2.82. The van der Waals surface area contributed by atoms with Crippen molar-refractivity contribution in [2.24, 2.45) is 17.8 Å². The van der Waals surface area contributed by atoms with Crippen LogP contribution in [-0.2, 0) is 12.1 Å². The van der Waals surface area contributed by atoms with Gasteiger partial charge in [0.25, 0.3) is 0 Å². The minimum atomic E-state index is 0.481. The molecule has 2 nitrogen and oxygen atoms in total. The molecule has 0 amide bonds. The number of rotatable bonds is 3. The maximum Gasteiger partial charge on any atom is 0.0453 e. The molecule has 0 saturated heterocycles. The molecular formula is C18H28N2. The zero-order valence-corrected chi connectivity index (χ0v) is 13.2. The van der Waals surface area contributed by atoms with E-state index in [9.17, 15) is 0 Å². The molecular weight excluding hydrogens is 244 g/mol. The summed E-state index contributed by atoms with van der Waals surface area (Å²) in [7, 11) is 2.05. The first-order valence-corrected chi connectivity index (χ1v) is 8.44. The van der Waals surface area contributed by atoms with Crippen molar-refractivity contribution in [1.82, 2.24) is 9.88 Å². The molecule has 2 heteroatoms. The lowest BCUT2D eigenvalue weighted by atomic mass is 9.53. The molecule has 0 unspecified atom stereocenters. The maximum atomic E-state index is 3.33. The van der Waals surface area contributed by atoms with Crippen LogP contribution in [0.15, 0.2) is 6.07 Å². The molecule has 0 atom stereocenters. The van der Waals surface area contributed by atoms with E-state index in [0.29, 0.717) is 5.54 Å². The summed E-state index contributed by atoms with van der Waals surface area (Å²) in [4.78, 5) is 0. The molecule has 0 spiro atoms. The number of hydrogen-bond donors (Lipinski definition) is 1. The average Bonchev–Trinajstić information content (AvgIpc) is 2.63. The van der Waals surface area contributed by atoms with Gasteiger partial charge in [-0.05, 0) is 88.8 Å². The van der Waals surface area contributed by atoms with Crippen LogP contribution in [0.4, 0.5) is 0 Å². The molecule has 0 aromatic carbocycles. The number of aryl methyl sites for hydroxylation is 1. The lowest BCUT2D eigenvalue weighted by Crippen LogP contribution is -2.52. The van der Waals surface area contributed by atoms with Gasteiger partial charge in [0, 0.05) is 23.5 Å². The Labute approximate surface area is 122 Å². The van der Waals surface area contributed by atoms with Gasteiger partial charge < -0.3 is 9.88 Å². The highest BCUT2D eigenvalue weighted by Crippen LogP contribution is 2.59. The van der Waals surface area contributed by atoms with Gasteiger partial charge in [0.1, 0.15) is 0 Å². The van der Waals surface area contributed by atoms with Crippen molar-refractivity contribution in [3.63, 3.8) is 0 Å². The van der Waals surface area contributed by atoms with Crippen molar-refractivity contribution < 1.29 is 0 Å². The Morgan fingerprint density at radius 2 is 1.65 bits per heavy atom. The fraction of sp³-hybridized carbons (Fsp3) is 0.778. The Morgan fingerprint density at radius 1 is 1.10 bits per heavy atom. The van der Waals surface area contributed by atoms with Crippen LogP contribution in [0.25, 0.3) is 0 Å². The Balaban J connectivity index is 1.77. The minimum absolute atomic E-state index is 0.481. The molecule has 1 heterocycles. The van der Waals surface area contributed by atoms with Crippen LogP contribution in [0.1, 0.15) is 55.5 Å². The summed E-state index contributed by atoms with van der Waals surface area (Å²) in [5.74, 6) is 3.07. The summed E-state index contributed by atoms with van der Waals surface area (Å²) >= 11 is 0. The van der Waals surface area contributed by atoms with E-state index in [1.54, 1.807) is 0 Å². The van der Waals surface area contributed by atoms with Gasteiger partial charge in [0.05, 0.1) is 0 Å². The zero-order valence-electron chi connectivity index (χ0n) is 13.2. The Bertz CT molecular complexity index is 490. The SMILES string of the molecule is CNCc1cc(C)n(C23CC4CC(CC(C4)C2)C3)c1C. The first-order chi connectivity index (χ1) is 9.61. The number of nitrogens with one attached hydrogen (secondary N) is 1. The van der Waals surface area contributed by atoms with Gasteiger partial charge in [-0.1, -0.05) is 0 Å². The van der Waals surface area contributed by atoms with Crippen LogP contribution in [0.3, 0.4) is 0 Å². The van der Waals surface area contributed by atoms with E-state index in [1.807, 2.05) is 0 Å². The second kappa shape index (κ2) is 4.37. The summed E-state index contributed by atoms with van der Waals surface area (Å²) < 4.78 is 2.75. The van der Waals surface area contributed by atoms with E-state index in [0.717, 1.165) is 24.3 Å². The van der Waals surface area contributed by atoms with Crippen molar-refractivity contribution in [1.29, 1.82) is 0 Å². The topological polar surface area (TPSA) is 17.0 Å². The van der Waals surface area contributed by atoms with Crippen LogP contribution in [-0.4, -0.2) is 11.6 Å². The van der Waals surface area contributed by atoms with Gasteiger partial charge in [-0.25, -0.2) is 0 Å². The molecule has 5 rings (SSSR count). The average molecular weight is 272 g/mol. The lowest BCUT2D eigenvalue weighted by Gasteiger charge is -2.58. The van der Waals surface area contributed by atoms with E-state index in [4.69, 9.17) is 0 Å². The summed E-state index contributed by atoms with van der Waals surface area (Å²) in [5.41, 5.74) is 5.00. The molecule has 4 fully saturated rings. The molecule has 4 bridgehead atoms. The highest BCUT2D eigenvalue weighted by Gasteiger charge is 2.52. The second-order valence-electron chi connectivity index (χ2n) is 7.90. The molecule has 4 saturated carbocycles. The predicted octanol–water partition coefficient (Wildman–Crippen LogP) is 3.75. The third-order valence-corrected chi connectivity index (χ3v) is 6.38. The summed E-state index contributed by atoms with van der Waals surface area (Å²) in [5, 5.41) is 3.33. The van der Waals surface area contributed by atoms with E-state index >= 15 is 0 Å². The molecule has 0 aliphatic heterocycles. The molecule has 1 N–H and O–H groups in total. The van der Waals surface area contributed by atoms with Gasteiger partial charge in [-0.15, -0.1) is 0 Å². The van der Waals surface area contributed by atoms with Gasteiger partial charge in [0.15, 0.2) is 0 Å². The largest absolute Gasteiger partial charge is 0.343 e. The van der Waals surface area contributed by atoms with Crippen molar-refractivity contribution in [2.75, 3.05) is 7.05 Å². The van der Waals surface area contributed by atoms with Crippen molar-refractivity contribution in [2.45, 2.75) is 64.5 Å². The Morgan fingerprint density at radius 3 is 2.15 bits per heavy atom. The molecule has 20 heavy (non-hydrogen) atoms. The molecule has 110 valence electrons. The highest BCUT2D eigenvalue weighted by molar-refractivity contribution is 5.29. The zero-order chi connectivity index (χ0) is 13.9. The van der Waals surface area contributed by atoms with Gasteiger partial charge in [-0.3, -0.25) is 0 Å². The fourth-order valence-corrected chi connectivity index (χ4v) is 6.27. The number of aromatic nitrogens is 1. The van der Waals surface area contributed by atoms with Crippen molar-refractivity contribution in [3.8, 4) is 0 Å². The van der Waals surface area contributed by atoms with E-state index in [1.165, 1.54) is 55.5 Å². The van der Waals surface area contributed by atoms with E-state index in [-0.39, 0.29) is 0 Å². The molecule has 1 aromatic rings. The Hall–Kier alpha value is -0.760. The fourth-order valence-electron chi connectivity index (χ4n) is 6.27. The first-order valence-electron chi connectivity index (χ1n) is 8.44. The highest BCUT2D eigenvalue weighted by atomic mass is 15.1. The standard InChI is InChI=1S/C18H28N2/c1-12-4-17(11-19-3)13(2)20(12)18-8-14-5-15(9-18)7-16(6-14)10-18/h4,14-16,19H,5-11H2,1-3H3. The van der Waals surface area contributed by atoms with Crippen LogP contribution in [0.2, 0.25) is 0 Å². The molecule has 4 aliphatic carbocycles. The predicted molar refractivity (Wildman–Crippen MR) is 82.8 cm³/mol. The van der Waals surface area contributed by atoms with E-state index in [2.05, 4.69) is 36.8 Å². The van der Waals surface area contributed by atoms with Gasteiger partial charge in [0.2, 0.25) is 0 Å². The molecule has 4 aliphatic rings. The first kappa shape index (κ1) is 12.9. The summed E-state index contributed by atoms with van der Waals surface area (Å²) in [6.45, 7) is 5.68. The quantitative estimate of drug-likeness (QED) is 0.886. The monoisotopic (exact) mass is 272 g/mol. The third-order valence-electron chi connectivity index (χ3n) is 6.38. The van der Waals surface area contributed by atoms with Crippen molar-refractivity contribution >= 4 is 0 Å². The molecule has 1 aromatic heterocycles. The van der Waals surface area contributed by atoms with E-state index < -0.39 is 0 Å². The second-order valence-corrected chi connectivity index (χ2v) is 7.90. The van der Waals surface area contributed by atoms with Crippen molar-refractivity contribution in [3.05, 3.63) is 23.0 Å². The van der Waals surface area contributed by atoms with Crippen LogP contribution in [0.5, 0.6) is 0 Å².